The summed E-state index contributed by atoms with van der Waals surface area (Å²) in [6.07, 6.45) is 1.96. The van der Waals surface area contributed by atoms with Gasteiger partial charge in [-0.1, -0.05) is 12.1 Å². The van der Waals surface area contributed by atoms with Crippen LogP contribution < -0.4 is 14.5 Å². The average molecular weight is 414 g/mol. The molecular weight excluding hydrogens is 382 g/mol. The number of aromatic nitrogens is 1. The normalized spacial score (nSPS) is 20.6. The zero-order chi connectivity index (χ0) is 20.1. The molecule has 2 aliphatic rings. The molecule has 29 heavy (non-hydrogen) atoms. The Bertz CT molecular complexity index is 764. The van der Waals surface area contributed by atoms with E-state index in [9.17, 15) is 0 Å². The summed E-state index contributed by atoms with van der Waals surface area (Å²) in [7, 11) is 2.10. The maximum absolute atomic E-state index is 5.42. The molecule has 4 rings (SSSR count). The first-order valence-corrected chi connectivity index (χ1v) is 11.2. The zero-order valence-corrected chi connectivity index (χ0v) is 18.2. The van der Waals surface area contributed by atoms with Gasteiger partial charge in [-0.2, -0.15) is 0 Å². The van der Waals surface area contributed by atoms with Crippen LogP contribution in [0.2, 0.25) is 0 Å². The Labute approximate surface area is 178 Å². The second-order valence-corrected chi connectivity index (χ2v) is 9.00. The van der Waals surface area contributed by atoms with Crippen LogP contribution in [0.15, 0.2) is 47.5 Å². The third-order valence-corrected chi connectivity index (χ3v) is 6.39. The number of ether oxygens (including phenoxy) is 1. The monoisotopic (exact) mass is 413 g/mol. The molecule has 6 nitrogen and oxygen atoms in total. The summed E-state index contributed by atoms with van der Waals surface area (Å²) in [4.78, 5) is 10.6. The van der Waals surface area contributed by atoms with Gasteiger partial charge >= 0.3 is 0 Å². The molecule has 0 bridgehead atoms. The molecule has 2 aromatic rings. The van der Waals surface area contributed by atoms with E-state index in [1.54, 1.807) is 11.9 Å². The molecule has 1 N–H and O–H groups in total. The molecule has 0 amide bonds. The molecule has 1 aromatic heterocycles. The highest BCUT2D eigenvalue weighted by Gasteiger charge is 2.16. The van der Waals surface area contributed by atoms with Crippen LogP contribution in [0.4, 0.5) is 11.5 Å². The second kappa shape index (κ2) is 9.80. The lowest BCUT2D eigenvalue weighted by atomic mass is 10.1. The number of hydrogen-bond acceptors (Lipinski definition) is 7. The Hall–Kier alpha value is -1.80. The highest BCUT2D eigenvalue weighted by molar-refractivity contribution is 8.00. The number of nitrogens with one attached hydrogen (secondary N) is 1. The molecule has 7 heteroatoms. The van der Waals surface area contributed by atoms with Crippen molar-refractivity contribution in [2.75, 3.05) is 62.2 Å². The maximum atomic E-state index is 5.42. The SMILES string of the molecule is CC1CN(Cc2ccc(N(C)Sc3ccc(N4CCOCC4)nc3)cc2)CCN1. The molecule has 3 heterocycles. The van der Waals surface area contributed by atoms with E-state index in [-0.39, 0.29) is 0 Å². The minimum absolute atomic E-state index is 0.578. The number of piperazine rings is 1. The standard InChI is InChI=1S/C22H31N5OS/c1-18-16-26(10-9-23-18)17-19-3-5-20(6-4-19)25(2)29-21-7-8-22(24-15-21)27-11-13-28-14-12-27/h3-8,15,18,23H,9-14,16-17H2,1-2H3. The van der Waals surface area contributed by atoms with Crippen molar-refractivity contribution in [2.45, 2.75) is 24.4 Å². The third-order valence-electron chi connectivity index (χ3n) is 5.46. The van der Waals surface area contributed by atoms with Crippen molar-refractivity contribution < 1.29 is 4.74 Å². The number of morpholine rings is 1. The summed E-state index contributed by atoms with van der Waals surface area (Å²) in [6, 6.07) is 13.8. The van der Waals surface area contributed by atoms with Gasteiger partial charge in [0.1, 0.15) is 5.82 Å². The number of rotatable bonds is 6. The van der Waals surface area contributed by atoms with Gasteiger partial charge in [0.25, 0.3) is 0 Å². The van der Waals surface area contributed by atoms with Crippen LogP contribution in [-0.2, 0) is 11.3 Å². The molecule has 0 spiro atoms. The highest BCUT2D eigenvalue weighted by atomic mass is 32.2. The molecule has 0 aliphatic carbocycles. The molecule has 0 saturated carbocycles. The molecule has 2 saturated heterocycles. The van der Waals surface area contributed by atoms with Gasteiger partial charge in [-0.15, -0.1) is 0 Å². The Morgan fingerprint density at radius 1 is 1.14 bits per heavy atom. The van der Waals surface area contributed by atoms with Crippen molar-refractivity contribution in [3.63, 3.8) is 0 Å². The largest absolute Gasteiger partial charge is 0.378 e. The van der Waals surface area contributed by atoms with E-state index < -0.39 is 0 Å². The van der Waals surface area contributed by atoms with Crippen LogP contribution in [0, 0.1) is 0 Å². The maximum Gasteiger partial charge on any atom is 0.128 e. The number of nitrogens with zero attached hydrogens (tertiary/aromatic N) is 4. The van der Waals surface area contributed by atoms with Crippen LogP contribution in [0.5, 0.6) is 0 Å². The molecule has 156 valence electrons. The summed E-state index contributed by atoms with van der Waals surface area (Å²) >= 11 is 1.70. The van der Waals surface area contributed by atoms with E-state index in [0.29, 0.717) is 6.04 Å². The summed E-state index contributed by atoms with van der Waals surface area (Å²) in [5.41, 5.74) is 2.57. The van der Waals surface area contributed by atoms with Gasteiger partial charge in [-0.3, -0.25) is 4.90 Å². The topological polar surface area (TPSA) is 43.9 Å². The van der Waals surface area contributed by atoms with E-state index in [1.807, 2.05) is 6.20 Å². The van der Waals surface area contributed by atoms with Gasteiger partial charge in [-0.25, -0.2) is 4.98 Å². The van der Waals surface area contributed by atoms with Gasteiger partial charge in [0, 0.05) is 69.1 Å². The highest BCUT2D eigenvalue weighted by Crippen LogP contribution is 2.28. The van der Waals surface area contributed by atoms with Crippen molar-refractivity contribution in [1.29, 1.82) is 0 Å². The van der Waals surface area contributed by atoms with Crippen molar-refractivity contribution in [1.82, 2.24) is 15.2 Å². The quantitative estimate of drug-likeness (QED) is 0.731. The van der Waals surface area contributed by atoms with Crippen LogP contribution >= 0.6 is 11.9 Å². The minimum Gasteiger partial charge on any atom is -0.378 e. The van der Waals surface area contributed by atoms with E-state index >= 15 is 0 Å². The molecule has 1 unspecified atom stereocenters. The minimum atomic E-state index is 0.578. The molecule has 1 aromatic carbocycles. The molecule has 1 atom stereocenters. The van der Waals surface area contributed by atoms with Gasteiger partial charge in [0.15, 0.2) is 0 Å². The summed E-state index contributed by atoms with van der Waals surface area (Å²) in [5.74, 6) is 1.03. The summed E-state index contributed by atoms with van der Waals surface area (Å²) in [5, 5.41) is 3.50. The Morgan fingerprint density at radius 2 is 1.93 bits per heavy atom. The first-order valence-electron chi connectivity index (χ1n) is 10.4. The van der Waals surface area contributed by atoms with Crippen LogP contribution in [0.25, 0.3) is 0 Å². The van der Waals surface area contributed by atoms with E-state index in [2.05, 4.69) is 74.8 Å². The lowest BCUT2D eigenvalue weighted by Crippen LogP contribution is -2.48. The van der Waals surface area contributed by atoms with E-state index in [4.69, 9.17) is 4.74 Å². The molecular formula is C22H31N5OS. The van der Waals surface area contributed by atoms with Gasteiger partial charge in [0.05, 0.1) is 13.2 Å². The number of benzene rings is 1. The summed E-state index contributed by atoms with van der Waals surface area (Å²) < 4.78 is 7.61. The molecule has 2 aliphatic heterocycles. The predicted molar refractivity (Wildman–Crippen MR) is 121 cm³/mol. The summed E-state index contributed by atoms with van der Waals surface area (Å²) in [6.45, 7) is 9.99. The lowest BCUT2D eigenvalue weighted by Gasteiger charge is -2.31. The fourth-order valence-electron chi connectivity index (χ4n) is 3.84. The van der Waals surface area contributed by atoms with Gasteiger partial charge in [0.2, 0.25) is 0 Å². The third kappa shape index (κ3) is 5.63. The Kier molecular flexibility index (Phi) is 6.92. The first kappa shape index (κ1) is 20.5. The van der Waals surface area contributed by atoms with Crippen LogP contribution in [0.1, 0.15) is 12.5 Å². The van der Waals surface area contributed by atoms with E-state index in [0.717, 1.165) is 63.2 Å². The number of anilines is 2. The fourth-order valence-corrected chi connectivity index (χ4v) is 4.61. The smallest absolute Gasteiger partial charge is 0.128 e. The zero-order valence-electron chi connectivity index (χ0n) is 17.4. The predicted octanol–water partition coefficient (Wildman–Crippen LogP) is 2.86. The number of pyridine rings is 1. The first-order chi connectivity index (χ1) is 14.2. The number of hydrogen-bond donors (Lipinski definition) is 1. The Morgan fingerprint density at radius 3 is 2.62 bits per heavy atom. The van der Waals surface area contributed by atoms with Gasteiger partial charge in [-0.05, 0) is 48.7 Å². The van der Waals surface area contributed by atoms with Crippen molar-refractivity contribution in [3.8, 4) is 0 Å². The van der Waals surface area contributed by atoms with Crippen molar-refractivity contribution in [2.24, 2.45) is 0 Å². The van der Waals surface area contributed by atoms with Gasteiger partial charge < -0.3 is 19.3 Å². The average Bonchev–Trinajstić information content (AvgIpc) is 2.75. The van der Waals surface area contributed by atoms with E-state index in [1.165, 1.54) is 11.3 Å². The fraction of sp³-hybridized carbons (Fsp3) is 0.500. The molecule has 0 radical (unpaired) electrons. The van der Waals surface area contributed by atoms with Crippen LogP contribution in [0.3, 0.4) is 0 Å². The van der Waals surface area contributed by atoms with Crippen molar-refractivity contribution >= 4 is 23.5 Å². The molecule has 2 fully saturated rings. The van der Waals surface area contributed by atoms with Crippen LogP contribution in [-0.4, -0.2) is 68.9 Å². The lowest BCUT2D eigenvalue weighted by molar-refractivity contribution is 0.122. The second-order valence-electron chi connectivity index (χ2n) is 7.80. The Balaban J connectivity index is 1.31. The van der Waals surface area contributed by atoms with Crippen molar-refractivity contribution in [3.05, 3.63) is 48.2 Å².